The number of hydrogen-bond donors (Lipinski definition) is 0. The third kappa shape index (κ3) is 4.51. The molecule has 2 heterocycles. The molecule has 1 aliphatic heterocycles. The van der Waals surface area contributed by atoms with Crippen molar-refractivity contribution in [3.8, 4) is 0 Å². The number of ether oxygens (including phenoxy) is 1. The van der Waals surface area contributed by atoms with Gasteiger partial charge in [-0.15, -0.1) is 11.3 Å². The molecule has 28 heavy (non-hydrogen) atoms. The number of rotatable bonds is 7. The maximum absolute atomic E-state index is 12.3. The van der Waals surface area contributed by atoms with Gasteiger partial charge in [-0.05, 0) is 62.2 Å². The van der Waals surface area contributed by atoms with Crippen LogP contribution in [0.3, 0.4) is 0 Å². The fourth-order valence-corrected chi connectivity index (χ4v) is 4.89. The Labute approximate surface area is 168 Å². The molecule has 1 aromatic carbocycles. The molecule has 0 aliphatic carbocycles. The van der Waals surface area contributed by atoms with Gasteiger partial charge in [-0.1, -0.05) is 0 Å². The molecule has 0 amide bonds. The maximum Gasteiger partial charge on any atom is 0.331 e. The highest BCUT2D eigenvalue weighted by Gasteiger charge is 2.28. The van der Waals surface area contributed by atoms with E-state index in [9.17, 15) is 18.0 Å². The van der Waals surface area contributed by atoms with Crippen LogP contribution in [0.25, 0.3) is 6.08 Å². The Morgan fingerprint density at radius 1 is 1.25 bits per heavy atom. The summed E-state index contributed by atoms with van der Waals surface area (Å²) < 4.78 is 30.6. The number of nitrogens with zero attached hydrogens (tertiary/aromatic N) is 1. The summed E-state index contributed by atoms with van der Waals surface area (Å²) in [6.07, 6.45) is 3.51. The maximum atomic E-state index is 12.3. The van der Waals surface area contributed by atoms with Gasteiger partial charge in [-0.25, -0.2) is 13.2 Å². The first-order valence-electron chi connectivity index (χ1n) is 8.88. The van der Waals surface area contributed by atoms with E-state index in [1.165, 1.54) is 10.4 Å². The molecular formula is C20H21NO5S2. The molecule has 0 atom stereocenters. The average Bonchev–Trinajstić information content (AvgIpc) is 3.30. The normalized spacial score (nSPS) is 13.7. The van der Waals surface area contributed by atoms with Gasteiger partial charge in [-0.3, -0.25) is 9.10 Å². The summed E-state index contributed by atoms with van der Waals surface area (Å²) in [5.74, 6) is -0.879. The van der Waals surface area contributed by atoms with Gasteiger partial charge in [0.25, 0.3) is 0 Å². The number of esters is 1. The van der Waals surface area contributed by atoms with Gasteiger partial charge in [-0.2, -0.15) is 0 Å². The smallest absolute Gasteiger partial charge is 0.331 e. The minimum atomic E-state index is -3.32. The Balaban J connectivity index is 1.61. The summed E-state index contributed by atoms with van der Waals surface area (Å²) in [6.45, 7) is 3.60. The lowest BCUT2D eigenvalue weighted by Gasteiger charge is -2.18. The monoisotopic (exact) mass is 419 g/mol. The van der Waals surface area contributed by atoms with Crippen molar-refractivity contribution in [2.75, 3.05) is 23.2 Å². The lowest BCUT2D eigenvalue weighted by Crippen LogP contribution is -2.30. The number of carbonyl (C=O) groups is 2. The Hall–Kier alpha value is -2.45. The van der Waals surface area contributed by atoms with E-state index in [-0.39, 0.29) is 18.1 Å². The SMILES string of the molecule is CCS(=O)(=O)N1CCc2cc(C(=O)COC(=O)/C=C/c3ccc(C)s3)ccc21. The average molecular weight is 420 g/mol. The van der Waals surface area contributed by atoms with Crippen LogP contribution in [0.15, 0.2) is 36.4 Å². The zero-order valence-corrected chi connectivity index (χ0v) is 17.3. The van der Waals surface area contributed by atoms with Crippen LogP contribution >= 0.6 is 11.3 Å². The van der Waals surface area contributed by atoms with E-state index in [1.807, 2.05) is 19.1 Å². The summed E-state index contributed by atoms with van der Waals surface area (Å²) in [5.41, 5.74) is 1.83. The van der Waals surface area contributed by atoms with E-state index in [0.717, 1.165) is 15.3 Å². The Morgan fingerprint density at radius 3 is 2.71 bits per heavy atom. The highest BCUT2D eigenvalue weighted by Crippen LogP contribution is 2.31. The minimum absolute atomic E-state index is 0.0294. The fraction of sp³-hybridized carbons (Fsp3) is 0.300. The molecule has 3 rings (SSSR count). The van der Waals surface area contributed by atoms with Gasteiger partial charge < -0.3 is 4.74 Å². The highest BCUT2D eigenvalue weighted by molar-refractivity contribution is 7.92. The molecule has 2 aromatic rings. The number of ketones is 1. The van der Waals surface area contributed by atoms with Crippen LogP contribution in [0.2, 0.25) is 0 Å². The zero-order valence-electron chi connectivity index (χ0n) is 15.7. The van der Waals surface area contributed by atoms with Crippen molar-refractivity contribution in [3.05, 3.63) is 57.3 Å². The predicted molar refractivity (Wildman–Crippen MR) is 110 cm³/mol. The lowest BCUT2D eigenvalue weighted by atomic mass is 10.1. The predicted octanol–water partition coefficient (Wildman–Crippen LogP) is 3.21. The van der Waals surface area contributed by atoms with Crippen molar-refractivity contribution < 1.29 is 22.7 Å². The van der Waals surface area contributed by atoms with Gasteiger partial charge in [0.15, 0.2) is 12.4 Å². The van der Waals surface area contributed by atoms with Gasteiger partial charge in [0.05, 0.1) is 11.4 Å². The molecule has 6 nitrogen and oxygen atoms in total. The summed E-state index contributed by atoms with van der Waals surface area (Å²) in [7, 11) is -3.32. The van der Waals surface area contributed by atoms with E-state index in [0.29, 0.717) is 24.2 Å². The van der Waals surface area contributed by atoms with Crippen LogP contribution in [-0.4, -0.2) is 39.1 Å². The van der Waals surface area contributed by atoms with E-state index in [4.69, 9.17) is 4.74 Å². The number of sulfonamides is 1. The molecule has 0 spiro atoms. The number of thiophene rings is 1. The molecule has 0 saturated carbocycles. The van der Waals surface area contributed by atoms with Crippen LogP contribution in [0.1, 0.15) is 32.6 Å². The van der Waals surface area contributed by atoms with Crippen molar-refractivity contribution in [1.82, 2.24) is 0 Å². The van der Waals surface area contributed by atoms with E-state index >= 15 is 0 Å². The highest BCUT2D eigenvalue weighted by atomic mass is 32.2. The second-order valence-corrected chi connectivity index (χ2v) is 9.88. The van der Waals surface area contributed by atoms with Crippen molar-refractivity contribution in [3.63, 3.8) is 0 Å². The van der Waals surface area contributed by atoms with Crippen molar-refractivity contribution in [2.24, 2.45) is 0 Å². The van der Waals surface area contributed by atoms with Crippen LogP contribution in [-0.2, 0) is 26.0 Å². The Bertz CT molecular complexity index is 1040. The number of aryl methyl sites for hydroxylation is 1. The van der Waals surface area contributed by atoms with Crippen LogP contribution in [0.5, 0.6) is 0 Å². The standard InChI is InChI=1S/C20H21NO5S2/c1-3-28(24,25)21-11-10-15-12-16(5-8-18(15)21)19(22)13-26-20(23)9-7-17-6-4-14(2)27-17/h4-9,12H,3,10-11,13H2,1-2H3/b9-7+. The Morgan fingerprint density at radius 2 is 2.04 bits per heavy atom. The van der Waals surface area contributed by atoms with Crippen LogP contribution in [0, 0.1) is 6.92 Å². The first-order valence-corrected chi connectivity index (χ1v) is 11.3. The third-order valence-corrected chi connectivity index (χ3v) is 7.19. The number of carbonyl (C=O) groups excluding carboxylic acids is 2. The molecule has 0 radical (unpaired) electrons. The number of anilines is 1. The first-order chi connectivity index (χ1) is 13.3. The summed E-state index contributed by atoms with van der Waals surface area (Å²) in [6, 6.07) is 8.76. The van der Waals surface area contributed by atoms with Crippen LogP contribution < -0.4 is 4.31 Å². The molecule has 8 heteroatoms. The van der Waals surface area contributed by atoms with E-state index in [2.05, 4.69) is 0 Å². The molecule has 1 aromatic heterocycles. The topological polar surface area (TPSA) is 80.8 Å². The quantitative estimate of drug-likeness (QED) is 0.391. The third-order valence-electron chi connectivity index (χ3n) is 4.45. The van der Waals surface area contributed by atoms with Crippen molar-refractivity contribution >= 4 is 44.9 Å². The van der Waals surface area contributed by atoms with Crippen LogP contribution in [0.4, 0.5) is 5.69 Å². The largest absolute Gasteiger partial charge is 0.454 e. The van der Waals surface area contributed by atoms with E-state index < -0.39 is 16.0 Å². The molecule has 0 saturated heterocycles. The molecular weight excluding hydrogens is 398 g/mol. The summed E-state index contributed by atoms with van der Waals surface area (Å²) >= 11 is 1.56. The second-order valence-electron chi connectivity index (χ2n) is 6.38. The lowest BCUT2D eigenvalue weighted by molar-refractivity contribution is -0.136. The Kier molecular flexibility index (Phi) is 6.00. The van der Waals surface area contributed by atoms with Crippen molar-refractivity contribution in [2.45, 2.75) is 20.3 Å². The number of Topliss-reactive ketones (excluding diaryl/α,β-unsaturated/α-hetero) is 1. The second kappa shape index (κ2) is 8.28. The number of fused-ring (bicyclic) bond motifs is 1. The van der Waals surface area contributed by atoms with Gasteiger partial charge in [0, 0.05) is 27.9 Å². The van der Waals surface area contributed by atoms with E-state index in [1.54, 1.807) is 42.5 Å². The van der Waals surface area contributed by atoms with Gasteiger partial charge in [0.2, 0.25) is 10.0 Å². The fourth-order valence-electron chi connectivity index (χ4n) is 2.95. The van der Waals surface area contributed by atoms with Gasteiger partial charge >= 0.3 is 5.97 Å². The molecule has 1 aliphatic rings. The number of hydrogen-bond acceptors (Lipinski definition) is 6. The zero-order chi connectivity index (χ0) is 20.3. The first kappa shape index (κ1) is 20.3. The molecule has 148 valence electrons. The summed E-state index contributed by atoms with van der Waals surface area (Å²) in [4.78, 5) is 26.2. The molecule has 0 fully saturated rings. The molecule has 0 bridgehead atoms. The molecule has 0 unspecified atom stereocenters. The number of benzene rings is 1. The summed E-state index contributed by atoms with van der Waals surface area (Å²) in [5, 5.41) is 0. The van der Waals surface area contributed by atoms with Crippen molar-refractivity contribution in [1.29, 1.82) is 0 Å². The minimum Gasteiger partial charge on any atom is -0.454 e. The van der Waals surface area contributed by atoms with Gasteiger partial charge in [0.1, 0.15) is 0 Å². The molecule has 0 N–H and O–H groups in total.